The third-order valence-corrected chi connectivity index (χ3v) is 8.07. The first kappa shape index (κ1) is 27.7. The maximum atomic E-state index is 13.7. The van der Waals surface area contributed by atoms with E-state index in [4.69, 9.17) is 0 Å². The molecule has 0 spiro atoms. The quantitative estimate of drug-likeness (QED) is 0.543. The van der Waals surface area contributed by atoms with Gasteiger partial charge in [-0.05, 0) is 57.2 Å². The van der Waals surface area contributed by atoms with Crippen LogP contribution in [0.3, 0.4) is 0 Å². The number of benzene rings is 2. The number of nitrogens with zero attached hydrogens (tertiary/aromatic N) is 2. The average Bonchev–Trinajstić information content (AvgIpc) is 2.82. The van der Waals surface area contributed by atoms with Gasteiger partial charge in [-0.15, -0.1) is 0 Å². The Labute approximate surface area is 215 Å². The van der Waals surface area contributed by atoms with Crippen molar-refractivity contribution in [3.05, 3.63) is 64.7 Å². The van der Waals surface area contributed by atoms with E-state index >= 15 is 0 Å². The van der Waals surface area contributed by atoms with Gasteiger partial charge >= 0.3 is 0 Å². The van der Waals surface area contributed by atoms with Crippen LogP contribution in [0.15, 0.2) is 42.5 Å². The van der Waals surface area contributed by atoms with Crippen LogP contribution in [0.1, 0.15) is 61.3 Å². The molecule has 1 unspecified atom stereocenters. The highest BCUT2D eigenvalue weighted by atomic mass is 32.2. The predicted octanol–water partition coefficient (Wildman–Crippen LogP) is 4.24. The van der Waals surface area contributed by atoms with Crippen LogP contribution in [0.2, 0.25) is 0 Å². The predicted molar refractivity (Wildman–Crippen MR) is 144 cm³/mol. The van der Waals surface area contributed by atoms with Crippen molar-refractivity contribution < 1.29 is 18.0 Å². The van der Waals surface area contributed by atoms with Gasteiger partial charge < -0.3 is 10.2 Å². The van der Waals surface area contributed by atoms with Crippen LogP contribution in [-0.4, -0.2) is 50.0 Å². The Morgan fingerprint density at radius 2 is 1.56 bits per heavy atom. The third-order valence-electron chi connectivity index (χ3n) is 6.96. The maximum absolute atomic E-state index is 13.7. The fourth-order valence-electron chi connectivity index (χ4n) is 4.82. The zero-order valence-electron chi connectivity index (χ0n) is 22.1. The zero-order chi connectivity index (χ0) is 26.5. The van der Waals surface area contributed by atoms with Gasteiger partial charge in [0.05, 0.1) is 11.9 Å². The average molecular weight is 514 g/mol. The van der Waals surface area contributed by atoms with E-state index in [9.17, 15) is 18.0 Å². The Morgan fingerprint density at radius 1 is 0.972 bits per heavy atom. The summed E-state index contributed by atoms with van der Waals surface area (Å²) in [6, 6.07) is 12.7. The normalized spacial score (nSPS) is 15.2. The van der Waals surface area contributed by atoms with Crippen LogP contribution in [0.25, 0.3) is 0 Å². The Bertz CT molecular complexity index is 1150. The lowest BCUT2D eigenvalue weighted by atomic mass is 9.95. The number of rotatable bonds is 9. The lowest BCUT2D eigenvalue weighted by Crippen LogP contribution is -2.53. The molecule has 1 aliphatic carbocycles. The number of carbonyl (C=O) groups is 2. The van der Waals surface area contributed by atoms with Gasteiger partial charge in [-0.2, -0.15) is 0 Å². The molecule has 36 heavy (non-hydrogen) atoms. The van der Waals surface area contributed by atoms with E-state index in [1.54, 1.807) is 6.92 Å². The molecule has 7 nitrogen and oxygen atoms in total. The minimum Gasteiger partial charge on any atom is -0.352 e. The summed E-state index contributed by atoms with van der Waals surface area (Å²) in [5.41, 5.74) is 4.01. The van der Waals surface area contributed by atoms with Crippen molar-refractivity contribution in [2.24, 2.45) is 0 Å². The fourth-order valence-corrected chi connectivity index (χ4v) is 5.78. The summed E-state index contributed by atoms with van der Waals surface area (Å²) in [5, 5.41) is 3.12. The number of hydrogen-bond acceptors (Lipinski definition) is 4. The number of sulfonamides is 1. The van der Waals surface area contributed by atoms with Crippen molar-refractivity contribution in [3.8, 4) is 0 Å². The summed E-state index contributed by atoms with van der Waals surface area (Å²) in [6.45, 7) is 7.19. The summed E-state index contributed by atoms with van der Waals surface area (Å²) >= 11 is 0. The van der Waals surface area contributed by atoms with Crippen molar-refractivity contribution in [1.82, 2.24) is 10.2 Å². The number of carbonyl (C=O) groups excluding carboxylic acids is 2. The van der Waals surface area contributed by atoms with Gasteiger partial charge in [0.2, 0.25) is 21.8 Å². The first-order valence-corrected chi connectivity index (χ1v) is 14.5. The third kappa shape index (κ3) is 7.09. The lowest BCUT2D eigenvalue weighted by molar-refractivity contribution is -0.139. The van der Waals surface area contributed by atoms with Crippen LogP contribution in [0.4, 0.5) is 5.69 Å². The second-order valence-electron chi connectivity index (χ2n) is 10.0. The minimum absolute atomic E-state index is 0.118. The Morgan fingerprint density at radius 3 is 2.11 bits per heavy atom. The summed E-state index contributed by atoms with van der Waals surface area (Å²) in [4.78, 5) is 28.5. The van der Waals surface area contributed by atoms with Crippen molar-refractivity contribution in [2.45, 2.75) is 78.4 Å². The van der Waals surface area contributed by atoms with Crippen molar-refractivity contribution in [1.29, 1.82) is 0 Å². The molecule has 0 saturated heterocycles. The molecule has 3 rings (SSSR count). The fraction of sp³-hybridized carbons (Fsp3) is 0.500. The largest absolute Gasteiger partial charge is 0.352 e. The molecule has 1 N–H and O–H groups in total. The summed E-state index contributed by atoms with van der Waals surface area (Å²) in [5.74, 6) is -0.629. The molecule has 0 radical (unpaired) electrons. The summed E-state index contributed by atoms with van der Waals surface area (Å²) < 4.78 is 26.8. The molecule has 1 atom stereocenters. The lowest BCUT2D eigenvalue weighted by Gasteiger charge is -2.33. The van der Waals surface area contributed by atoms with E-state index in [1.165, 1.54) is 11.3 Å². The topological polar surface area (TPSA) is 86.8 Å². The molecule has 1 saturated carbocycles. The molecule has 2 aromatic carbocycles. The van der Waals surface area contributed by atoms with Gasteiger partial charge in [0.1, 0.15) is 12.6 Å². The molecular formula is C28H39N3O4S. The Balaban J connectivity index is 1.90. The van der Waals surface area contributed by atoms with Gasteiger partial charge in [0.25, 0.3) is 0 Å². The SMILES string of the molecule is Cc1ccc(CN(C(=O)CN(c2c(C)cccc2C)S(C)(=O)=O)C(C)C(=O)NC2CCCCC2)cc1. The number of anilines is 1. The van der Waals surface area contributed by atoms with E-state index in [-0.39, 0.29) is 25.0 Å². The Hall–Kier alpha value is -2.87. The van der Waals surface area contributed by atoms with Crippen LogP contribution < -0.4 is 9.62 Å². The van der Waals surface area contributed by atoms with Gasteiger partial charge in [0.15, 0.2) is 0 Å². The highest BCUT2D eigenvalue weighted by Crippen LogP contribution is 2.27. The van der Waals surface area contributed by atoms with E-state index in [0.29, 0.717) is 5.69 Å². The van der Waals surface area contributed by atoms with Crippen LogP contribution >= 0.6 is 0 Å². The van der Waals surface area contributed by atoms with Gasteiger partial charge in [-0.1, -0.05) is 67.3 Å². The smallest absolute Gasteiger partial charge is 0.244 e. The second kappa shape index (κ2) is 11.9. The number of hydrogen-bond donors (Lipinski definition) is 1. The molecule has 0 bridgehead atoms. The molecule has 0 aliphatic heterocycles. The molecule has 1 fully saturated rings. The number of aryl methyl sites for hydroxylation is 3. The van der Waals surface area contributed by atoms with Crippen LogP contribution in [0.5, 0.6) is 0 Å². The summed E-state index contributed by atoms with van der Waals surface area (Å²) in [6.07, 6.45) is 6.35. The van der Waals surface area contributed by atoms with Gasteiger partial charge in [0, 0.05) is 12.6 Å². The van der Waals surface area contributed by atoms with E-state index in [0.717, 1.165) is 58.5 Å². The van der Waals surface area contributed by atoms with Gasteiger partial charge in [-0.3, -0.25) is 13.9 Å². The van der Waals surface area contributed by atoms with E-state index < -0.39 is 22.0 Å². The van der Waals surface area contributed by atoms with E-state index in [1.807, 2.05) is 63.2 Å². The molecule has 8 heteroatoms. The van der Waals surface area contributed by atoms with Crippen molar-refractivity contribution in [3.63, 3.8) is 0 Å². The molecule has 0 heterocycles. The molecular weight excluding hydrogens is 474 g/mol. The van der Waals surface area contributed by atoms with E-state index in [2.05, 4.69) is 5.32 Å². The first-order valence-electron chi connectivity index (χ1n) is 12.7. The molecule has 0 aromatic heterocycles. The minimum atomic E-state index is -3.75. The molecule has 2 amide bonds. The highest BCUT2D eigenvalue weighted by Gasteiger charge is 2.32. The molecule has 1 aliphatic rings. The zero-order valence-corrected chi connectivity index (χ0v) is 22.9. The number of para-hydroxylation sites is 1. The Kier molecular flexibility index (Phi) is 9.17. The highest BCUT2D eigenvalue weighted by molar-refractivity contribution is 7.92. The maximum Gasteiger partial charge on any atom is 0.244 e. The monoisotopic (exact) mass is 513 g/mol. The van der Waals surface area contributed by atoms with Crippen molar-refractivity contribution >= 4 is 27.5 Å². The van der Waals surface area contributed by atoms with Gasteiger partial charge in [-0.25, -0.2) is 8.42 Å². The summed E-state index contributed by atoms with van der Waals surface area (Å²) in [7, 11) is -3.75. The first-order chi connectivity index (χ1) is 17.0. The second-order valence-corrected chi connectivity index (χ2v) is 11.9. The van der Waals surface area contributed by atoms with Crippen LogP contribution in [-0.2, 0) is 26.2 Å². The number of amides is 2. The molecule has 2 aromatic rings. The molecule has 196 valence electrons. The van der Waals surface area contributed by atoms with Crippen molar-refractivity contribution in [2.75, 3.05) is 17.1 Å². The van der Waals surface area contributed by atoms with Crippen LogP contribution in [0, 0.1) is 20.8 Å². The standard InChI is InChI=1S/C28H39N3O4S/c1-20-14-16-24(17-15-20)18-30(23(4)28(33)29-25-12-7-6-8-13-25)26(32)19-31(36(5,34)35)27-21(2)10-9-11-22(27)3/h9-11,14-17,23,25H,6-8,12-13,18-19H2,1-5H3,(H,29,33). The number of nitrogens with one attached hydrogen (secondary N) is 1.